The molecule has 118 valence electrons. The molecule has 0 N–H and O–H groups in total. The van der Waals surface area contributed by atoms with Gasteiger partial charge in [-0.2, -0.15) is 11.3 Å². The maximum Gasteiger partial charge on any atom is 0.442 e. The summed E-state index contributed by atoms with van der Waals surface area (Å²) in [6, 6.07) is 3.59. The van der Waals surface area contributed by atoms with Gasteiger partial charge >= 0.3 is 5.76 Å². The van der Waals surface area contributed by atoms with E-state index in [1.165, 1.54) is 17.3 Å². The lowest BCUT2D eigenvalue weighted by molar-refractivity contribution is -0.131. The summed E-state index contributed by atoms with van der Waals surface area (Å²) >= 11 is 1.57. The van der Waals surface area contributed by atoms with Gasteiger partial charge in [-0.05, 0) is 28.5 Å². The fraction of sp³-hybridized carbons (Fsp3) is 0.214. The summed E-state index contributed by atoms with van der Waals surface area (Å²) in [5.74, 6) is -0.595. The molecule has 0 fully saturated rings. The van der Waals surface area contributed by atoms with Crippen molar-refractivity contribution in [2.75, 3.05) is 7.05 Å². The van der Waals surface area contributed by atoms with E-state index in [9.17, 15) is 9.59 Å². The molecule has 3 heterocycles. The molecule has 8 nitrogen and oxygen atoms in total. The summed E-state index contributed by atoms with van der Waals surface area (Å²) in [6.07, 6.45) is 3.05. The Kier molecular flexibility index (Phi) is 4.29. The van der Waals surface area contributed by atoms with E-state index < -0.39 is 5.76 Å². The van der Waals surface area contributed by atoms with Crippen LogP contribution in [0.1, 0.15) is 5.56 Å². The van der Waals surface area contributed by atoms with E-state index >= 15 is 0 Å². The first-order valence-corrected chi connectivity index (χ1v) is 7.68. The fourth-order valence-corrected chi connectivity index (χ4v) is 2.64. The van der Waals surface area contributed by atoms with Crippen LogP contribution in [0, 0.1) is 0 Å². The molecular weight excluding hydrogens is 318 g/mol. The highest BCUT2D eigenvalue weighted by Crippen LogP contribution is 2.11. The van der Waals surface area contributed by atoms with E-state index in [4.69, 9.17) is 0 Å². The molecular formula is C14H13N5O3S. The standard InChI is InChI=1S/C14H13N5O3S/c1-18(7-10-3-6-23-9-10)11(20)8-19-13(17-22-14(19)21)12-15-4-2-5-16-12/h2-6,9H,7-8H2,1H3. The molecule has 0 saturated carbocycles. The van der Waals surface area contributed by atoms with E-state index in [0.717, 1.165) is 10.1 Å². The molecule has 0 radical (unpaired) electrons. The summed E-state index contributed by atoms with van der Waals surface area (Å²) in [5.41, 5.74) is 1.04. The Labute approximate surface area is 135 Å². The van der Waals surface area contributed by atoms with Gasteiger partial charge in [0.25, 0.3) is 0 Å². The molecule has 3 aromatic rings. The van der Waals surface area contributed by atoms with Crippen LogP contribution in [0.5, 0.6) is 0 Å². The molecule has 0 aliphatic carbocycles. The number of carbonyl (C=O) groups excluding carboxylic acids is 1. The molecule has 0 saturated heterocycles. The minimum absolute atomic E-state index is 0.132. The molecule has 0 atom stereocenters. The largest absolute Gasteiger partial charge is 0.442 e. The third kappa shape index (κ3) is 3.34. The first-order chi connectivity index (χ1) is 11.1. The smallest absolute Gasteiger partial charge is 0.340 e. The van der Waals surface area contributed by atoms with Crippen LogP contribution in [0.2, 0.25) is 0 Å². The van der Waals surface area contributed by atoms with Gasteiger partial charge in [0, 0.05) is 26.0 Å². The molecule has 0 aliphatic heterocycles. The Balaban J connectivity index is 1.79. The second kappa shape index (κ2) is 6.53. The average molecular weight is 331 g/mol. The van der Waals surface area contributed by atoms with Crippen molar-refractivity contribution < 1.29 is 9.32 Å². The highest BCUT2D eigenvalue weighted by atomic mass is 32.1. The van der Waals surface area contributed by atoms with E-state index in [1.807, 2.05) is 16.8 Å². The molecule has 0 bridgehead atoms. The molecule has 1 amide bonds. The van der Waals surface area contributed by atoms with Crippen LogP contribution < -0.4 is 5.76 Å². The van der Waals surface area contributed by atoms with Crippen LogP contribution in [0.4, 0.5) is 0 Å². The minimum atomic E-state index is -0.718. The molecule has 3 rings (SSSR count). The molecule has 0 unspecified atom stereocenters. The zero-order valence-electron chi connectivity index (χ0n) is 12.2. The zero-order valence-corrected chi connectivity index (χ0v) is 13.1. The van der Waals surface area contributed by atoms with Crippen molar-refractivity contribution in [1.82, 2.24) is 24.6 Å². The Bertz CT molecular complexity index is 841. The number of hydrogen-bond acceptors (Lipinski definition) is 7. The fourth-order valence-electron chi connectivity index (χ4n) is 1.98. The molecule has 0 aliphatic rings. The lowest BCUT2D eigenvalue weighted by Gasteiger charge is -2.16. The lowest BCUT2D eigenvalue weighted by Crippen LogP contribution is -2.32. The van der Waals surface area contributed by atoms with E-state index in [1.54, 1.807) is 24.5 Å². The van der Waals surface area contributed by atoms with Crippen molar-refractivity contribution in [3.8, 4) is 11.6 Å². The summed E-state index contributed by atoms with van der Waals surface area (Å²) in [7, 11) is 1.68. The third-order valence-electron chi connectivity index (χ3n) is 3.17. The molecule has 0 aromatic carbocycles. The first kappa shape index (κ1) is 15.1. The van der Waals surface area contributed by atoms with Gasteiger partial charge < -0.3 is 4.90 Å². The van der Waals surface area contributed by atoms with Crippen molar-refractivity contribution in [2.24, 2.45) is 0 Å². The second-order valence-electron chi connectivity index (χ2n) is 4.81. The highest BCUT2D eigenvalue weighted by Gasteiger charge is 2.19. The monoisotopic (exact) mass is 331 g/mol. The van der Waals surface area contributed by atoms with E-state index in [0.29, 0.717) is 6.54 Å². The van der Waals surface area contributed by atoms with Crippen LogP contribution in [-0.4, -0.2) is 37.5 Å². The molecule has 0 spiro atoms. The molecule has 9 heteroatoms. The maximum atomic E-state index is 12.3. The van der Waals surface area contributed by atoms with Gasteiger partial charge in [0.15, 0.2) is 5.82 Å². The van der Waals surface area contributed by atoms with Crippen molar-refractivity contribution in [1.29, 1.82) is 0 Å². The van der Waals surface area contributed by atoms with Gasteiger partial charge in [0.2, 0.25) is 11.7 Å². The van der Waals surface area contributed by atoms with E-state index in [2.05, 4.69) is 19.6 Å². The number of amides is 1. The molecule has 23 heavy (non-hydrogen) atoms. The van der Waals surface area contributed by atoms with Crippen molar-refractivity contribution in [3.05, 3.63) is 51.4 Å². The third-order valence-corrected chi connectivity index (χ3v) is 3.90. The molecule has 3 aromatic heterocycles. The van der Waals surface area contributed by atoms with Crippen LogP contribution in [0.25, 0.3) is 11.6 Å². The normalized spacial score (nSPS) is 10.7. The summed E-state index contributed by atoms with van der Waals surface area (Å²) in [5, 5.41) is 7.57. The first-order valence-electron chi connectivity index (χ1n) is 6.74. The van der Waals surface area contributed by atoms with Crippen LogP contribution in [0.3, 0.4) is 0 Å². The lowest BCUT2D eigenvalue weighted by atomic mass is 10.3. The zero-order chi connectivity index (χ0) is 16.2. The Hall–Kier alpha value is -2.81. The van der Waals surface area contributed by atoms with Crippen molar-refractivity contribution in [3.63, 3.8) is 0 Å². The predicted molar refractivity (Wildman–Crippen MR) is 82.6 cm³/mol. The van der Waals surface area contributed by atoms with Crippen LogP contribution >= 0.6 is 11.3 Å². The summed E-state index contributed by atoms with van der Waals surface area (Å²) in [4.78, 5) is 33.7. The number of rotatable bonds is 5. The van der Waals surface area contributed by atoms with Crippen LogP contribution in [0.15, 0.2) is 44.6 Å². The number of likely N-dealkylation sites (N-methyl/N-ethyl adjacent to an activating group) is 1. The maximum absolute atomic E-state index is 12.3. The number of nitrogens with zero attached hydrogens (tertiary/aromatic N) is 5. The highest BCUT2D eigenvalue weighted by molar-refractivity contribution is 7.07. The van der Waals surface area contributed by atoms with Gasteiger partial charge in [-0.15, -0.1) is 0 Å². The van der Waals surface area contributed by atoms with Gasteiger partial charge in [-0.25, -0.2) is 19.3 Å². The van der Waals surface area contributed by atoms with Gasteiger partial charge in [0.05, 0.1) is 0 Å². The summed E-state index contributed by atoms with van der Waals surface area (Å²) < 4.78 is 5.77. The average Bonchev–Trinajstić information content (AvgIpc) is 3.19. The minimum Gasteiger partial charge on any atom is -0.340 e. The van der Waals surface area contributed by atoms with Crippen molar-refractivity contribution in [2.45, 2.75) is 13.1 Å². The number of hydrogen-bond donors (Lipinski definition) is 0. The summed E-state index contributed by atoms with van der Waals surface area (Å²) in [6.45, 7) is 0.288. The number of aromatic nitrogens is 4. The van der Waals surface area contributed by atoms with Crippen LogP contribution in [-0.2, 0) is 17.9 Å². The Morgan fingerprint density at radius 2 is 2.17 bits per heavy atom. The Morgan fingerprint density at radius 1 is 1.39 bits per heavy atom. The Morgan fingerprint density at radius 3 is 2.87 bits per heavy atom. The predicted octanol–water partition coefficient (Wildman–Crippen LogP) is 1.01. The van der Waals surface area contributed by atoms with Gasteiger partial charge in [-0.3, -0.25) is 9.32 Å². The van der Waals surface area contributed by atoms with Gasteiger partial charge in [-0.1, -0.05) is 5.16 Å². The second-order valence-corrected chi connectivity index (χ2v) is 5.59. The topological polar surface area (TPSA) is 94.1 Å². The number of thiophene rings is 1. The van der Waals surface area contributed by atoms with Crippen molar-refractivity contribution >= 4 is 17.2 Å². The van der Waals surface area contributed by atoms with Gasteiger partial charge in [0.1, 0.15) is 6.54 Å². The van der Waals surface area contributed by atoms with E-state index in [-0.39, 0.29) is 24.1 Å². The number of carbonyl (C=O) groups is 1. The quantitative estimate of drug-likeness (QED) is 0.693. The SMILES string of the molecule is CN(Cc1ccsc1)C(=O)Cn1c(-c2ncccn2)noc1=O.